The number of esters is 1. The first kappa shape index (κ1) is 13.3. The second-order valence-corrected chi connectivity index (χ2v) is 4.18. The van der Waals surface area contributed by atoms with E-state index in [4.69, 9.17) is 0 Å². The fourth-order valence-electron chi connectivity index (χ4n) is 1.28. The molecule has 0 unspecified atom stereocenters. The fraction of sp³-hybridized carbons (Fsp3) is 0.400. The van der Waals surface area contributed by atoms with E-state index in [1.54, 1.807) is 6.92 Å². The zero-order valence-corrected chi connectivity index (χ0v) is 10.9. The molecule has 0 spiro atoms. The molecule has 1 aromatic rings. The van der Waals surface area contributed by atoms with Crippen molar-refractivity contribution in [1.29, 1.82) is 0 Å². The van der Waals surface area contributed by atoms with Gasteiger partial charge in [-0.05, 0) is 40.6 Å². The number of halogens is 3. The summed E-state index contributed by atoms with van der Waals surface area (Å²) in [5, 5.41) is 0. The minimum atomic E-state index is -2.64. The molecular formula is C10H10F2INO2. The van der Waals surface area contributed by atoms with Gasteiger partial charge in [0.1, 0.15) is 3.70 Å². The summed E-state index contributed by atoms with van der Waals surface area (Å²) in [6.45, 7) is 1.67. The van der Waals surface area contributed by atoms with Crippen LogP contribution in [0.2, 0.25) is 0 Å². The Kier molecular flexibility index (Phi) is 4.57. The Labute approximate surface area is 105 Å². The summed E-state index contributed by atoms with van der Waals surface area (Å²) < 4.78 is 30.5. The van der Waals surface area contributed by atoms with Gasteiger partial charge in [-0.2, -0.15) is 0 Å². The lowest BCUT2D eigenvalue weighted by Gasteiger charge is -2.11. The largest absolute Gasteiger partial charge is 0.469 e. The number of carbonyl (C=O) groups is 1. The molecule has 0 saturated carbocycles. The van der Waals surface area contributed by atoms with Crippen molar-refractivity contribution < 1.29 is 18.3 Å². The van der Waals surface area contributed by atoms with Gasteiger partial charge in [-0.3, -0.25) is 4.79 Å². The molecule has 0 aliphatic heterocycles. The second kappa shape index (κ2) is 5.51. The van der Waals surface area contributed by atoms with Crippen molar-refractivity contribution in [2.24, 2.45) is 0 Å². The molecule has 0 atom stereocenters. The normalized spacial score (nSPS) is 10.6. The highest BCUT2D eigenvalue weighted by Crippen LogP contribution is 2.27. The van der Waals surface area contributed by atoms with Gasteiger partial charge in [0.2, 0.25) is 0 Å². The SMILES string of the molecule is COC(=O)Cc1c(C(F)F)cnc(I)c1C. The number of alkyl halides is 2. The Bertz CT molecular complexity index is 410. The van der Waals surface area contributed by atoms with Gasteiger partial charge in [0.15, 0.2) is 0 Å². The van der Waals surface area contributed by atoms with Crippen molar-refractivity contribution in [3.8, 4) is 0 Å². The Morgan fingerprint density at radius 1 is 1.62 bits per heavy atom. The van der Waals surface area contributed by atoms with Crippen LogP contribution in [0.15, 0.2) is 6.20 Å². The molecule has 16 heavy (non-hydrogen) atoms. The molecule has 0 bridgehead atoms. The van der Waals surface area contributed by atoms with Crippen LogP contribution in [0.4, 0.5) is 8.78 Å². The molecule has 6 heteroatoms. The zero-order valence-electron chi connectivity index (χ0n) is 8.76. The van der Waals surface area contributed by atoms with E-state index in [1.165, 1.54) is 7.11 Å². The van der Waals surface area contributed by atoms with Crippen molar-refractivity contribution in [1.82, 2.24) is 4.98 Å². The van der Waals surface area contributed by atoms with Gasteiger partial charge < -0.3 is 4.74 Å². The third-order valence-electron chi connectivity index (χ3n) is 2.21. The van der Waals surface area contributed by atoms with Gasteiger partial charge in [-0.25, -0.2) is 13.8 Å². The standard InChI is InChI=1S/C10H10F2INO2/c1-5-6(3-8(15)16-2)7(9(11)12)4-14-10(5)13/h4,9H,3H2,1-2H3. The monoisotopic (exact) mass is 341 g/mol. The first-order valence-corrected chi connectivity index (χ1v) is 5.54. The predicted octanol–water partition coefficient (Wildman–Crippen LogP) is 2.65. The average molecular weight is 341 g/mol. The maximum Gasteiger partial charge on any atom is 0.310 e. The van der Waals surface area contributed by atoms with Crippen molar-refractivity contribution >= 4 is 28.6 Å². The van der Waals surface area contributed by atoms with E-state index in [9.17, 15) is 13.6 Å². The summed E-state index contributed by atoms with van der Waals surface area (Å²) in [5.41, 5.74) is 0.702. The summed E-state index contributed by atoms with van der Waals surface area (Å²) >= 11 is 1.94. The van der Waals surface area contributed by atoms with Crippen molar-refractivity contribution in [3.63, 3.8) is 0 Å². The van der Waals surface area contributed by atoms with Crippen molar-refractivity contribution in [2.45, 2.75) is 19.8 Å². The number of hydrogen-bond acceptors (Lipinski definition) is 3. The van der Waals surface area contributed by atoms with Gasteiger partial charge in [-0.1, -0.05) is 0 Å². The topological polar surface area (TPSA) is 39.2 Å². The highest BCUT2D eigenvalue weighted by molar-refractivity contribution is 14.1. The lowest BCUT2D eigenvalue weighted by molar-refractivity contribution is -0.139. The van der Waals surface area contributed by atoms with E-state index >= 15 is 0 Å². The van der Waals surface area contributed by atoms with Crippen LogP contribution in [-0.2, 0) is 16.0 Å². The summed E-state index contributed by atoms with van der Waals surface area (Å²) in [6.07, 6.45) is -1.68. The van der Waals surface area contributed by atoms with Crippen LogP contribution in [0.5, 0.6) is 0 Å². The number of carbonyl (C=O) groups excluding carboxylic acids is 1. The molecule has 0 aromatic carbocycles. The van der Waals surface area contributed by atoms with Crippen LogP contribution in [0.3, 0.4) is 0 Å². The molecule has 0 aliphatic carbocycles. The fourth-order valence-corrected chi connectivity index (χ4v) is 1.75. The lowest BCUT2D eigenvalue weighted by Crippen LogP contribution is -2.10. The number of rotatable bonds is 3. The molecular weight excluding hydrogens is 331 g/mol. The van der Waals surface area contributed by atoms with E-state index < -0.39 is 12.4 Å². The van der Waals surface area contributed by atoms with Gasteiger partial charge in [0.25, 0.3) is 6.43 Å². The Balaban J connectivity index is 3.20. The minimum absolute atomic E-state index is 0.152. The van der Waals surface area contributed by atoms with Crippen molar-refractivity contribution in [3.05, 3.63) is 26.6 Å². The quantitative estimate of drug-likeness (QED) is 0.482. The molecule has 0 saturated heterocycles. The molecule has 0 radical (unpaired) electrons. The third-order valence-corrected chi connectivity index (χ3v) is 3.30. The summed E-state index contributed by atoms with van der Waals surface area (Å²) in [7, 11) is 1.23. The predicted molar refractivity (Wildman–Crippen MR) is 62.4 cm³/mol. The zero-order chi connectivity index (χ0) is 12.3. The molecule has 0 amide bonds. The smallest absolute Gasteiger partial charge is 0.310 e. The molecule has 1 rings (SSSR count). The molecule has 1 heterocycles. The molecule has 1 aromatic heterocycles. The van der Waals surface area contributed by atoms with Gasteiger partial charge >= 0.3 is 5.97 Å². The van der Waals surface area contributed by atoms with Crippen LogP contribution >= 0.6 is 22.6 Å². The van der Waals surface area contributed by atoms with Crippen LogP contribution in [-0.4, -0.2) is 18.1 Å². The van der Waals surface area contributed by atoms with E-state index in [2.05, 4.69) is 9.72 Å². The molecule has 88 valence electrons. The average Bonchev–Trinajstić information content (AvgIpc) is 2.24. The maximum atomic E-state index is 12.7. The van der Waals surface area contributed by atoms with Gasteiger partial charge in [0.05, 0.1) is 13.5 Å². The van der Waals surface area contributed by atoms with E-state index in [1.807, 2.05) is 22.6 Å². The highest BCUT2D eigenvalue weighted by Gasteiger charge is 2.19. The first-order chi connectivity index (χ1) is 7.47. The second-order valence-electron chi connectivity index (χ2n) is 3.16. The Hall–Kier alpha value is -0.790. The first-order valence-electron chi connectivity index (χ1n) is 4.46. The number of hydrogen-bond donors (Lipinski definition) is 0. The molecule has 0 fully saturated rings. The molecule has 0 N–H and O–H groups in total. The van der Waals surface area contributed by atoms with Gasteiger partial charge in [-0.15, -0.1) is 0 Å². The molecule has 0 aliphatic rings. The molecule has 3 nitrogen and oxygen atoms in total. The highest BCUT2D eigenvalue weighted by atomic mass is 127. The van der Waals surface area contributed by atoms with E-state index in [0.29, 0.717) is 14.8 Å². The van der Waals surface area contributed by atoms with Gasteiger partial charge in [0, 0.05) is 11.8 Å². The van der Waals surface area contributed by atoms with Crippen LogP contribution < -0.4 is 0 Å². The third kappa shape index (κ3) is 2.87. The van der Waals surface area contributed by atoms with Crippen LogP contribution in [0, 0.1) is 10.6 Å². The van der Waals surface area contributed by atoms with Crippen LogP contribution in [0.25, 0.3) is 0 Å². The number of ether oxygens (including phenoxy) is 1. The maximum absolute atomic E-state index is 12.7. The number of aromatic nitrogens is 1. The Morgan fingerprint density at radius 2 is 2.25 bits per heavy atom. The number of methoxy groups -OCH3 is 1. The minimum Gasteiger partial charge on any atom is -0.469 e. The number of pyridine rings is 1. The Morgan fingerprint density at radius 3 is 2.75 bits per heavy atom. The van der Waals surface area contributed by atoms with Crippen LogP contribution in [0.1, 0.15) is 23.1 Å². The summed E-state index contributed by atoms with van der Waals surface area (Å²) in [5.74, 6) is -0.535. The van der Waals surface area contributed by atoms with E-state index in [0.717, 1.165) is 6.20 Å². The lowest BCUT2D eigenvalue weighted by atomic mass is 10.0. The van der Waals surface area contributed by atoms with E-state index in [-0.39, 0.29) is 12.0 Å². The summed E-state index contributed by atoms with van der Waals surface area (Å²) in [6, 6.07) is 0. The summed E-state index contributed by atoms with van der Waals surface area (Å²) in [4.78, 5) is 15.0. The number of nitrogens with zero attached hydrogens (tertiary/aromatic N) is 1. The van der Waals surface area contributed by atoms with Crippen molar-refractivity contribution in [2.75, 3.05) is 7.11 Å².